The number of aromatic nitrogens is 2. The second-order valence-electron chi connectivity index (χ2n) is 8.59. The lowest BCUT2D eigenvalue weighted by molar-refractivity contribution is 0.248. The van der Waals surface area contributed by atoms with Gasteiger partial charge in [-0.1, -0.05) is 72.8 Å². The fraction of sp³-hybridized carbons (Fsp3) is 0.207. The molecule has 5 rings (SSSR count). The number of pyridine rings is 1. The van der Waals surface area contributed by atoms with Crippen LogP contribution in [-0.2, 0) is 26.2 Å². The van der Waals surface area contributed by atoms with Crippen molar-refractivity contribution < 1.29 is 0 Å². The summed E-state index contributed by atoms with van der Waals surface area (Å²) in [5.41, 5.74) is 6.31. The summed E-state index contributed by atoms with van der Waals surface area (Å²) >= 11 is 0. The number of hydrogen-bond acceptors (Lipinski definition) is 3. The number of hydrogen-bond donors (Lipinski definition) is 1. The summed E-state index contributed by atoms with van der Waals surface area (Å²) in [6, 6.07) is 32.6. The summed E-state index contributed by atoms with van der Waals surface area (Å²) in [6.07, 6.45) is 1.90. The van der Waals surface area contributed by atoms with Crippen molar-refractivity contribution >= 4 is 21.9 Å². The summed E-state index contributed by atoms with van der Waals surface area (Å²) in [7, 11) is 1.99. The summed E-state index contributed by atoms with van der Waals surface area (Å²) in [4.78, 5) is 7.26. The SMILES string of the molecule is CNCc1ccc(CN(CCn2c3ccccc3c3cccnc32)Cc2ccccc2)cc1. The molecule has 2 heterocycles. The van der Waals surface area contributed by atoms with Gasteiger partial charge in [-0.2, -0.15) is 0 Å². The lowest BCUT2D eigenvalue weighted by atomic mass is 10.1. The molecule has 0 saturated carbocycles. The Morgan fingerprint density at radius 3 is 2.18 bits per heavy atom. The van der Waals surface area contributed by atoms with Gasteiger partial charge in [0.15, 0.2) is 0 Å². The minimum absolute atomic E-state index is 0.895. The van der Waals surface area contributed by atoms with Crippen molar-refractivity contribution in [3.05, 3.63) is 114 Å². The van der Waals surface area contributed by atoms with Gasteiger partial charge in [-0.15, -0.1) is 0 Å². The zero-order chi connectivity index (χ0) is 22.5. The van der Waals surface area contributed by atoms with E-state index in [1.807, 2.05) is 19.3 Å². The van der Waals surface area contributed by atoms with E-state index in [-0.39, 0.29) is 0 Å². The van der Waals surface area contributed by atoms with Crippen molar-refractivity contribution in [1.82, 2.24) is 19.8 Å². The highest BCUT2D eigenvalue weighted by molar-refractivity contribution is 6.06. The molecule has 0 radical (unpaired) electrons. The first kappa shape index (κ1) is 21.4. The molecule has 0 fully saturated rings. The molecule has 0 atom stereocenters. The predicted octanol–water partition coefficient (Wildman–Crippen LogP) is 5.61. The van der Waals surface area contributed by atoms with Crippen molar-refractivity contribution in [3.8, 4) is 0 Å². The van der Waals surface area contributed by atoms with Crippen LogP contribution in [-0.4, -0.2) is 28.0 Å². The van der Waals surface area contributed by atoms with Gasteiger partial charge in [0, 0.05) is 49.7 Å². The molecule has 0 bridgehead atoms. The van der Waals surface area contributed by atoms with E-state index in [4.69, 9.17) is 4.98 Å². The van der Waals surface area contributed by atoms with Crippen molar-refractivity contribution in [2.45, 2.75) is 26.2 Å². The van der Waals surface area contributed by atoms with Gasteiger partial charge in [0.05, 0.1) is 5.52 Å². The van der Waals surface area contributed by atoms with E-state index in [1.165, 1.54) is 33.0 Å². The fourth-order valence-electron chi connectivity index (χ4n) is 4.62. The molecule has 0 aliphatic carbocycles. The van der Waals surface area contributed by atoms with Crippen LogP contribution in [0.4, 0.5) is 0 Å². The molecular weight excluding hydrogens is 404 g/mol. The van der Waals surface area contributed by atoms with E-state index in [0.29, 0.717) is 0 Å². The Labute approximate surface area is 195 Å². The summed E-state index contributed by atoms with van der Waals surface area (Å²) in [6.45, 7) is 4.57. The van der Waals surface area contributed by atoms with E-state index in [1.54, 1.807) is 0 Å². The molecular formula is C29H30N4. The van der Waals surface area contributed by atoms with Gasteiger partial charge in [-0.05, 0) is 41.9 Å². The number of rotatable bonds is 9. The van der Waals surface area contributed by atoms with Gasteiger partial charge in [0.1, 0.15) is 5.65 Å². The highest BCUT2D eigenvalue weighted by Gasteiger charge is 2.13. The number of fused-ring (bicyclic) bond motifs is 3. The Bertz CT molecular complexity index is 1270. The molecule has 0 amide bonds. The van der Waals surface area contributed by atoms with Gasteiger partial charge in [-0.25, -0.2) is 4.98 Å². The number of benzene rings is 3. The van der Waals surface area contributed by atoms with Crippen LogP contribution in [0.25, 0.3) is 21.9 Å². The maximum atomic E-state index is 4.73. The molecule has 33 heavy (non-hydrogen) atoms. The van der Waals surface area contributed by atoms with Crippen molar-refractivity contribution in [2.75, 3.05) is 13.6 Å². The van der Waals surface area contributed by atoms with Crippen LogP contribution < -0.4 is 5.32 Å². The molecule has 5 aromatic rings. The molecule has 0 unspecified atom stereocenters. The lowest BCUT2D eigenvalue weighted by Gasteiger charge is -2.23. The summed E-state index contributed by atoms with van der Waals surface area (Å²) in [5, 5.41) is 5.72. The van der Waals surface area contributed by atoms with Crippen LogP contribution in [0.3, 0.4) is 0 Å². The highest BCUT2D eigenvalue weighted by Crippen LogP contribution is 2.27. The average molecular weight is 435 g/mol. The van der Waals surface area contributed by atoms with Crippen LogP contribution in [0.1, 0.15) is 16.7 Å². The lowest BCUT2D eigenvalue weighted by Crippen LogP contribution is -2.27. The molecule has 0 aliphatic rings. The maximum Gasteiger partial charge on any atom is 0.140 e. The third-order valence-electron chi connectivity index (χ3n) is 6.23. The second kappa shape index (κ2) is 9.99. The van der Waals surface area contributed by atoms with Crippen LogP contribution in [0.2, 0.25) is 0 Å². The number of nitrogens with zero attached hydrogens (tertiary/aromatic N) is 3. The number of para-hydroxylation sites is 1. The van der Waals surface area contributed by atoms with Crippen molar-refractivity contribution in [1.29, 1.82) is 0 Å². The minimum Gasteiger partial charge on any atom is -0.324 e. The van der Waals surface area contributed by atoms with Crippen LogP contribution in [0.15, 0.2) is 97.2 Å². The van der Waals surface area contributed by atoms with Crippen LogP contribution in [0.5, 0.6) is 0 Å². The normalized spacial score (nSPS) is 11.6. The van der Waals surface area contributed by atoms with Crippen LogP contribution in [0, 0.1) is 0 Å². The molecule has 0 saturated heterocycles. The van der Waals surface area contributed by atoms with Gasteiger partial charge in [-0.3, -0.25) is 4.90 Å². The molecule has 3 aromatic carbocycles. The Kier molecular flexibility index (Phi) is 6.47. The third-order valence-corrected chi connectivity index (χ3v) is 6.23. The average Bonchev–Trinajstić information content (AvgIpc) is 3.18. The fourth-order valence-corrected chi connectivity index (χ4v) is 4.62. The van der Waals surface area contributed by atoms with Crippen molar-refractivity contribution in [2.24, 2.45) is 0 Å². The smallest absolute Gasteiger partial charge is 0.140 e. The van der Waals surface area contributed by atoms with Gasteiger partial charge in [0.2, 0.25) is 0 Å². The molecule has 4 nitrogen and oxygen atoms in total. The topological polar surface area (TPSA) is 33.1 Å². The van der Waals surface area contributed by atoms with Crippen molar-refractivity contribution in [3.63, 3.8) is 0 Å². The van der Waals surface area contributed by atoms with E-state index < -0.39 is 0 Å². The largest absolute Gasteiger partial charge is 0.324 e. The Hall–Kier alpha value is -3.47. The Balaban J connectivity index is 1.41. The molecule has 166 valence electrons. The quantitative estimate of drug-likeness (QED) is 0.327. The molecule has 0 spiro atoms. The molecule has 0 aliphatic heterocycles. The third kappa shape index (κ3) is 4.82. The Morgan fingerprint density at radius 1 is 0.727 bits per heavy atom. The summed E-state index contributed by atoms with van der Waals surface area (Å²) in [5.74, 6) is 0. The molecule has 1 N–H and O–H groups in total. The second-order valence-corrected chi connectivity index (χ2v) is 8.59. The standard InChI is InChI=1S/C29H30N4/c1-30-20-23-13-15-25(16-14-23)22-32(21-24-8-3-2-4-9-24)18-19-33-28-12-6-5-10-26(28)27-11-7-17-31-29(27)33/h2-17,30H,18-22H2,1H3. The molecule has 2 aromatic heterocycles. The van der Waals surface area contributed by atoms with Gasteiger partial charge in [0.25, 0.3) is 0 Å². The first-order chi connectivity index (χ1) is 16.3. The van der Waals surface area contributed by atoms with E-state index >= 15 is 0 Å². The monoisotopic (exact) mass is 434 g/mol. The number of nitrogens with one attached hydrogen (secondary N) is 1. The predicted molar refractivity (Wildman–Crippen MR) is 137 cm³/mol. The van der Waals surface area contributed by atoms with Gasteiger partial charge >= 0.3 is 0 Å². The van der Waals surface area contributed by atoms with E-state index in [0.717, 1.165) is 38.4 Å². The Morgan fingerprint density at radius 2 is 1.39 bits per heavy atom. The minimum atomic E-state index is 0.895. The van der Waals surface area contributed by atoms with Gasteiger partial charge < -0.3 is 9.88 Å². The zero-order valence-corrected chi connectivity index (χ0v) is 19.1. The summed E-state index contributed by atoms with van der Waals surface area (Å²) < 4.78 is 2.37. The van der Waals surface area contributed by atoms with Crippen LogP contribution >= 0.6 is 0 Å². The highest BCUT2D eigenvalue weighted by atomic mass is 15.2. The molecule has 4 heteroatoms. The van der Waals surface area contributed by atoms with E-state index in [9.17, 15) is 0 Å². The van der Waals surface area contributed by atoms with E-state index in [2.05, 4.69) is 99.7 Å². The maximum absolute atomic E-state index is 4.73. The first-order valence-electron chi connectivity index (χ1n) is 11.6. The zero-order valence-electron chi connectivity index (χ0n) is 19.1. The first-order valence-corrected chi connectivity index (χ1v) is 11.6.